The second-order valence-electron chi connectivity index (χ2n) is 3.75. The fraction of sp³-hybridized carbons (Fsp3) is 0.600. The molecule has 3 heteroatoms. The summed E-state index contributed by atoms with van der Waals surface area (Å²) in [5.41, 5.74) is 3.93. The van der Waals surface area contributed by atoms with Gasteiger partial charge in [-0.15, -0.1) is 0 Å². The van der Waals surface area contributed by atoms with Gasteiger partial charge in [-0.2, -0.15) is 0 Å². The van der Waals surface area contributed by atoms with E-state index < -0.39 is 0 Å². The molecule has 0 bridgehead atoms. The summed E-state index contributed by atoms with van der Waals surface area (Å²) in [6.45, 7) is 4.42. The summed E-state index contributed by atoms with van der Waals surface area (Å²) in [6, 6.07) is 2.17. The minimum absolute atomic E-state index is 0.223. The molecule has 0 saturated heterocycles. The first-order chi connectivity index (χ1) is 6.24. The van der Waals surface area contributed by atoms with Crippen molar-refractivity contribution in [2.24, 2.45) is 11.8 Å². The fourth-order valence-electron chi connectivity index (χ4n) is 1.32. The third-order valence-electron chi connectivity index (χ3n) is 2.18. The third-order valence-corrected chi connectivity index (χ3v) is 2.18. The molecule has 0 saturated carbocycles. The molecule has 1 atom stereocenters. The number of nitrogens with two attached hydrogens (primary N) is 1. The second kappa shape index (κ2) is 5.04. The lowest BCUT2D eigenvalue weighted by atomic mass is 10.0. The first-order valence-electron chi connectivity index (χ1n) is 4.72. The predicted octanol–water partition coefficient (Wildman–Crippen LogP) is 2.22. The van der Waals surface area contributed by atoms with Gasteiger partial charge in [0.25, 0.3) is 0 Å². The molecule has 3 nitrogen and oxygen atoms in total. The van der Waals surface area contributed by atoms with Crippen LogP contribution in [0.5, 0.6) is 0 Å². The van der Waals surface area contributed by atoms with Gasteiger partial charge >= 0.3 is 0 Å². The van der Waals surface area contributed by atoms with E-state index in [9.17, 15) is 0 Å². The van der Waals surface area contributed by atoms with Crippen molar-refractivity contribution < 1.29 is 4.42 Å². The van der Waals surface area contributed by atoms with Crippen molar-refractivity contribution in [1.82, 2.24) is 5.43 Å². The van der Waals surface area contributed by atoms with Crippen molar-refractivity contribution in [2.45, 2.75) is 32.7 Å². The maximum atomic E-state index is 5.46. The van der Waals surface area contributed by atoms with Crippen molar-refractivity contribution in [3.05, 3.63) is 24.2 Å². The van der Waals surface area contributed by atoms with Crippen LogP contribution < -0.4 is 11.3 Å². The lowest BCUT2D eigenvalue weighted by Crippen LogP contribution is -2.27. The molecule has 1 heterocycles. The zero-order valence-corrected chi connectivity index (χ0v) is 8.29. The number of hydrogen-bond acceptors (Lipinski definition) is 3. The van der Waals surface area contributed by atoms with Gasteiger partial charge in [0.2, 0.25) is 0 Å². The van der Waals surface area contributed by atoms with Crippen LogP contribution in [0.4, 0.5) is 0 Å². The molecular weight excluding hydrogens is 164 g/mol. The summed E-state index contributed by atoms with van der Waals surface area (Å²) in [4.78, 5) is 0. The molecule has 0 spiro atoms. The second-order valence-corrected chi connectivity index (χ2v) is 3.75. The largest absolute Gasteiger partial charge is 0.472 e. The molecule has 0 radical (unpaired) electrons. The maximum Gasteiger partial charge on any atom is 0.0950 e. The number of furan rings is 1. The van der Waals surface area contributed by atoms with Crippen LogP contribution in [-0.4, -0.2) is 0 Å². The summed E-state index contributed by atoms with van der Waals surface area (Å²) in [5.74, 6) is 6.17. The van der Waals surface area contributed by atoms with Crippen molar-refractivity contribution in [1.29, 1.82) is 0 Å². The van der Waals surface area contributed by atoms with Gasteiger partial charge in [-0.3, -0.25) is 11.3 Å². The Bertz CT molecular complexity index is 219. The number of nitrogens with one attached hydrogen (secondary N) is 1. The van der Waals surface area contributed by atoms with Gasteiger partial charge in [-0.1, -0.05) is 13.8 Å². The summed E-state index contributed by atoms with van der Waals surface area (Å²) < 4.78 is 5.01. The van der Waals surface area contributed by atoms with Crippen molar-refractivity contribution >= 4 is 0 Å². The highest BCUT2D eigenvalue weighted by Crippen LogP contribution is 2.20. The zero-order valence-electron chi connectivity index (χ0n) is 8.29. The Kier molecular flexibility index (Phi) is 3.99. The highest BCUT2D eigenvalue weighted by Gasteiger charge is 2.10. The molecule has 0 aromatic carbocycles. The van der Waals surface area contributed by atoms with Crippen LogP contribution >= 0.6 is 0 Å². The van der Waals surface area contributed by atoms with E-state index in [0.29, 0.717) is 5.92 Å². The van der Waals surface area contributed by atoms with Crippen molar-refractivity contribution in [2.75, 3.05) is 0 Å². The lowest BCUT2D eigenvalue weighted by Gasteiger charge is -2.14. The first-order valence-corrected chi connectivity index (χ1v) is 4.72. The van der Waals surface area contributed by atoms with Crippen LogP contribution in [0.1, 0.15) is 38.3 Å². The van der Waals surface area contributed by atoms with Gasteiger partial charge in [0.1, 0.15) is 0 Å². The molecule has 13 heavy (non-hydrogen) atoms. The topological polar surface area (TPSA) is 51.2 Å². The Morgan fingerprint density at radius 1 is 1.46 bits per heavy atom. The summed E-state index contributed by atoms with van der Waals surface area (Å²) in [5, 5.41) is 0. The first kappa shape index (κ1) is 10.3. The number of hydrazine groups is 1. The molecule has 1 aromatic rings. The predicted molar refractivity (Wildman–Crippen MR) is 52.8 cm³/mol. The van der Waals surface area contributed by atoms with E-state index >= 15 is 0 Å². The van der Waals surface area contributed by atoms with Gasteiger partial charge in [-0.05, 0) is 24.8 Å². The highest BCUT2D eigenvalue weighted by molar-refractivity contribution is 5.10. The lowest BCUT2D eigenvalue weighted by molar-refractivity contribution is 0.443. The third kappa shape index (κ3) is 3.20. The molecule has 0 aliphatic heterocycles. The monoisotopic (exact) mass is 182 g/mol. The van der Waals surface area contributed by atoms with E-state index in [4.69, 9.17) is 10.3 Å². The Morgan fingerprint density at radius 3 is 2.69 bits per heavy atom. The summed E-state index contributed by atoms with van der Waals surface area (Å²) in [7, 11) is 0. The van der Waals surface area contributed by atoms with Crippen LogP contribution in [0.15, 0.2) is 23.0 Å². The molecule has 0 aliphatic carbocycles. The molecule has 74 valence electrons. The normalized spacial score (nSPS) is 13.5. The van der Waals surface area contributed by atoms with Gasteiger partial charge in [0.05, 0.1) is 12.5 Å². The van der Waals surface area contributed by atoms with E-state index in [2.05, 4.69) is 19.3 Å². The van der Waals surface area contributed by atoms with Gasteiger partial charge in [-0.25, -0.2) is 0 Å². The van der Waals surface area contributed by atoms with Crippen LogP contribution in [0.3, 0.4) is 0 Å². The van der Waals surface area contributed by atoms with Crippen LogP contribution in [0, 0.1) is 5.92 Å². The molecule has 1 unspecified atom stereocenters. The maximum absolute atomic E-state index is 5.46. The summed E-state index contributed by atoms with van der Waals surface area (Å²) >= 11 is 0. The van der Waals surface area contributed by atoms with Crippen molar-refractivity contribution in [3.63, 3.8) is 0 Å². The van der Waals surface area contributed by atoms with Crippen molar-refractivity contribution in [3.8, 4) is 0 Å². The Hall–Kier alpha value is -0.800. The fourth-order valence-corrected chi connectivity index (χ4v) is 1.32. The average Bonchev–Trinajstić information content (AvgIpc) is 2.58. The minimum Gasteiger partial charge on any atom is -0.472 e. The highest BCUT2D eigenvalue weighted by atomic mass is 16.3. The SMILES string of the molecule is CC(C)CCC(NN)c1ccoc1. The van der Waals surface area contributed by atoms with Crippen LogP contribution in [-0.2, 0) is 0 Å². The molecule has 1 aromatic heterocycles. The van der Waals surface area contributed by atoms with E-state index in [1.165, 1.54) is 6.42 Å². The Balaban J connectivity index is 2.44. The number of hydrogen-bond donors (Lipinski definition) is 2. The smallest absolute Gasteiger partial charge is 0.0950 e. The van der Waals surface area contributed by atoms with E-state index in [0.717, 1.165) is 12.0 Å². The minimum atomic E-state index is 0.223. The number of rotatable bonds is 5. The van der Waals surface area contributed by atoms with E-state index in [1.54, 1.807) is 12.5 Å². The molecule has 0 fully saturated rings. The van der Waals surface area contributed by atoms with Gasteiger partial charge in [0, 0.05) is 11.6 Å². The van der Waals surface area contributed by atoms with Crippen LogP contribution in [0.25, 0.3) is 0 Å². The van der Waals surface area contributed by atoms with Gasteiger partial charge < -0.3 is 4.42 Å². The molecule has 3 N–H and O–H groups in total. The van der Waals surface area contributed by atoms with Crippen LogP contribution in [0.2, 0.25) is 0 Å². The molecule has 0 aliphatic rings. The average molecular weight is 182 g/mol. The van der Waals surface area contributed by atoms with E-state index in [-0.39, 0.29) is 6.04 Å². The van der Waals surface area contributed by atoms with E-state index in [1.807, 2.05) is 6.07 Å². The standard InChI is InChI=1S/C10H18N2O/c1-8(2)3-4-10(12-11)9-5-6-13-7-9/h5-8,10,12H,3-4,11H2,1-2H3. The quantitative estimate of drug-likeness (QED) is 0.542. The molecular formula is C10H18N2O. The Morgan fingerprint density at radius 2 is 2.23 bits per heavy atom. The molecule has 1 rings (SSSR count). The Labute approximate surface area is 79.3 Å². The van der Waals surface area contributed by atoms with Gasteiger partial charge in [0.15, 0.2) is 0 Å². The molecule has 0 amide bonds. The summed E-state index contributed by atoms with van der Waals surface area (Å²) in [6.07, 6.45) is 5.63. The zero-order chi connectivity index (χ0) is 9.68.